The van der Waals surface area contributed by atoms with Gasteiger partial charge in [-0.1, -0.05) is 0 Å². The lowest BCUT2D eigenvalue weighted by molar-refractivity contribution is 0.0916. The van der Waals surface area contributed by atoms with Gasteiger partial charge in [-0.3, -0.25) is 9.58 Å². The quantitative estimate of drug-likeness (QED) is 0.836. The molecule has 3 N–H and O–H groups in total. The first kappa shape index (κ1) is 13.4. The van der Waals surface area contributed by atoms with Gasteiger partial charge in [-0.25, -0.2) is 0 Å². The summed E-state index contributed by atoms with van der Waals surface area (Å²) in [6.07, 6.45) is 2.09. The lowest BCUT2D eigenvalue weighted by atomic mass is 10.2. The molecule has 0 saturated carbocycles. The van der Waals surface area contributed by atoms with Crippen molar-refractivity contribution in [3.8, 4) is 0 Å². The number of aliphatic hydroxyl groups is 1. The van der Waals surface area contributed by atoms with Gasteiger partial charge in [0, 0.05) is 12.6 Å². The molecule has 2 rings (SSSR count). The van der Waals surface area contributed by atoms with E-state index in [1.165, 1.54) is 12.8 Å². The van der Waals surface area contributed by atoms with Gasteiger partial charge in [0.05, 0.1) is 29.7 Å². The molecule has 0 radical (unpaired) electrons. The molecule has 0 aromatic carbocycles. The summed E-state index contributed by atoms with van der Waals surface area (Å²) in [6, 6.07) is 0.588. The molecular formula is C13H24N4O. The van der Waals surface area contributed by atoms with E-state index in [9.17, 15) is 5.11 Å². The number of anilines is 1. The highest BCUT2D eigenvalue weighted by molar-refractivity contribution is 5.46. The number of likely N-dealkylation sites (tertiary alicyclic amines) is 1. The van der Waals surface area contributed by atoms with Crippen molar-refractivity contribution in [2.75, 3.05) is 18.8 Å². The van der Waals surface area contributed by atoms with Crippen LogP contribution < -0.4 is 5.73 Å². The number of hydrogen-bond donors (Lipinski definition) is 2. The molecular weight excluding hydrogens is 228 g/mol. The first-order chi connectivity index (χ1) is 8.49. The zero-order valence-electron chi connectivity index (χ0n) is 11.6. The number of rotatable bonds is 4. The fourth-order valence-electron chi connectivity index (χ4n) is 2.68. The topological polar surface area (TPSA) is 67.3 Å². The Morgan fingerprint density at radius 2 is 2.17 bits per heavy atom. The molecule has 1 saturated heterocycles. The highest BCUT2D eigenvalue weighted by atomic mass is 16.3. The number of nitrogen functional groups attached to an aromatic ring is 1. The number of nitrogens with zero attached hydrogens (tertiary/aromatic N) is 3. The summed E-state index contributed by atoms with van der Waals surface area (Å²) < 4.78 is 1.82. The molecule has 5 nitrogen and oxygen atoms in total. The van der Waals surface area contributed by atoms with Crippen LogP contribution in [0.3, 0.4) is 0 Å². The van der Waals surface area contributed by atoms with Crippen LogP contribution in [-0.2, 0) is 6.54 Å². The van der Waals surface area contributed by atoms with E-state index in [1.807, 2.05) is 18.5 Å². The van der Waals surface area contributed by atoms with Gasteiger partial charge in [-0.15, -0.1) is 0 Å². The Balaban J connectivity index is 1.94. The van der Waals surface area contributed by atoms with Crippen molar-refractivity contribution in [1.29, 1.82) is 0 Å². The van der Waals surface area contributed by atoms with Crippen LogP contribution in [-0.4, -0.2) is 45.0 Å². The Bertz CT molecular complexity index is 415. The number of nitrogens with two attached hydrogens (primary N) is 1. The first-order valence-electron chi connectivity index (χ1n) is 6.70. The van der Waals surface area contributed by atoms with Crippen molar-refractivity contribution < 1.29 is 5.11 Å². The molecule has 5 heteroatoms. The molecule has 0 aliphatic carbocycles. The molecule has 2 unspecified atom stereocenters. The molecule has 1 aromatic heterocycles. The van der Waals surface area contributed by atoms with Crippen LogP contribution in [0.4, 0.5) is 5.69 Å². The minimum Gasteiger partial charge on any atom is -0.396 e. The second-order valence-electron chi connectivity index (χ2n) is 5.41. The van der Waals surface area contributed by atoms with Gasteiger partial charge in [-0.2, -0.15) is 5.10 Å². The zero-order valence-corrected chi connectivity index (χ0v) is 11.6. The molecule has 2 heterocycles. The van der Waals surface area contributed by atoms with E-state index >= 15 is 0 Å². The molecule has 102 valence electrons. The predicted molar refractivity (Wildman–Crippen MR) is 72.4 cm³/mol. The normalized spacial score (nSPS) is 22.6. The van der Waals surface area contributed by atoms with Gasteiger partial charge in [0.1, 0.15) is 0 Å². The van der Waals surface area contributed by atoms with E-state index in [0.717, 1.165) is 30.2 Å². The van der Waals surface area contributed by atoms with Crippen LogP contribution in [0.2, 0.25) is 0 Å². The van der Waals surface area contributed by atoms with E-state index in [-0.39, 0.29) is 6.10 Å². The third kappa shape index (κ3) is 2.67. The summed E-state index contributed by atoms with van der Waals surface area (Å²) in [5.74, 6) is 0. The minimum atomic E-state index is -0.386. The number of aryl methyl sites for hydroxylation is 1. The van der Waals surface area contributed by atoms with Crippen molar-refractivity contribution in [2.24, 2.45) is 0 Å². The number of aliphatic hydroxyl groups excluding tert-OH is 1. The highest BCUT2D eigenvalue weighted by Crippen LogP contribution is 2.18. The van der Waals surface area contributed by atoms with E-state index in [0.29, 0.717) is 12.6 Å². The summed E-state index contributed by atoms with van der Waals surface area (Å²) >= 11 is 0. The maximum atomic E-state index is 10.2. The molecule has 1 aliphatic rings. The largest absolute Gasteiger partial charge is 0.396 e. The first-order valence-corrected chi connectivity index (χ1v) is 6.70. The smallest absolute Gasteiger partial charge is 0.0862 e. The summed E-state index contributed by atoms with van der Waals surface area (Å²) in [5, 5.41) is 14.5. The van der Waals surface area contributed by atoms with Gasteiger partial charge < -0.3 is 10.8 Å². The van der Waals surface area contributed by atoms with E-state index in [1.54, 1.807) is 0 Å². The minimum absolute atomic E-state index is 0.386. The van der Waals surface area contributed by atoms with Gasteiger partial charge in [0.2, 0.25) is 0 Å². The van der Waals surface area contributed by atoms with Gasteiger partial charge >= 0.3 is 0 Å². The zero-order chi connectivity index (χ0) is 13.3. The molecule has 1 fully saturated rings. The highest BCUT2D eigenvalue weighted by Gasteiger charge is 2.23. The van der Waals surface area contributed by atoms with Crippen LogP contribution >= 0.6 is 0 Å². The van der Waals surface area contributed by atoms with E-state index < -0.39 is 0 Å². The summed E-state index contributed by atoms with van der Waals surface area (Å²) in [7, 11) is 0. The van der Waals surface area contributed by atoms with E-state index in [2.05, 4.69) is 16.9 Å². The number of β-amino-alcohol motifs (C(OH)–C–C–N with tert-alkyl or cyclic N) is 1. The maximum Gasteiger partial charge on any atom is 0.0862 e. The average molecular weight is 252 g/mol. The Morgan fingerprint density at radius 3 is 2.67 bits per heavy atom. The van der Waals surface area contributed by atoms with Crippen LogP contribution in [0.25, 0.3) is 0 Å². The van der Waals surface area contributed by atoms with Crippen molar-refractivity contribution >= 4 is 5.69 Å². The van der Waals surface area contributed by atoms with Gasteiger partial charge in [0.25, 0.3) is 0 Å². The van der Waals surface area contributed by atoms with E-state index in [4.69, 9.17) is 5.73 Å². The lowest BCUT2D eigenvalue weighted by Crippen LogP contribution is -2.37. The molecule has 0 spiro atoms. The average Bonchev–Trinajstić information content (AvgIpc) is 2.80. The SMILES string of the molecule is Cc1nn(CC(O)CN2CCCC2C)c(C)c1N. The van der Waals surface area contributed by atoms with Gasteiger partial charge in [0.15, 0.2) is 0 Å². The number of hydrogen-bond acceptors (Lipinski definition) is 4. The molecule has 0 amide bonds. The predicted octanol–water partition coefficient (Wildman–Crippen LogP) is 0.927. The number of aromatic nitrogens is 2. The molecule has 1 aliphatic heterocycles. The fraction of sp³-hybridized carbons (Fsp3) is 0.769. The molecule has 18 heavy (non-hydrogen) atoms. The summed E-state index contributed by atoms with van der Waals surface area (Å²) in [5.41, 5.74) is 8.41. The Kier molecular flexibility index (Phi) is 3.92. The van der Waals surface area contributed by atoms with Crippen LogP contribution in [0.1, 0.15) is 31.2 Å². The second-order valence-corrected chi connectivity index (χ2v) is 5.41. The standard InChI is InChI=1S/C13H24N4O/c1-9-5-4-6-16(9)7-12(18)8-17-11(3)13(14)10(2)15-17/h9,12,18H,4-8,14H2,1-3H3. The Labute approximate surface area is 109 Å². The van der Waals surface area contributed by atoms with Crippen molar-refractivity contribution in [2.45, 2.75) is 52.3 Å². The molecule has 0 bridgehead atoms. The van der Waals surface area contributed by atoms with Crippen molar-refractivity contribution in [3.05, 3.63) is 11.4 Å². The summed E-state index contributed by atoms with van der Waals surface area (Å²) in [4.78, 5) is 2.35. The van der Waals surface area contributed by atoms with Crippen molar-refractivity contribution in [1.82, 2.24) is 14.7 Å². The third-order valence-electron chi connectivity index (χ3n) is 3.96. The fourth-order valence-corrected chi connectivity index (χ4v) is 2.68. The molecule has 2 atom stereocenters. The lowest BCUT2D eigenvalue weighted by Gasteiger charge is -2.24. The summed E-state index contributed by atoms with van der Waals surface area (Å²) in [6.45, 7) is 8.40. The van der Waals surface area contributed by atoms with Crippen LogP contribution in [0, 0.1) is 13.8 Å². The second kappa shape index (κ2) is 5.28. The Morgan fingerprint density at radius 1 is 1.44 bits per heavy atom. The third-order valence-corrected chi connectivity index (χ3v) is 3.96. The maximum absolute atomic E-state index is 10.2. The van der Waals surface area contributed by atoms with Gasteiger partial charge in [-0.05, 0) is 40.2 Å². The van der Waals surface area contributed by atoms with Crippen LogP contribution in [0.5, 0.6) is 0 Å². The van der Waals surface area contributed by atoms with Crippen molar-refractivity contribution in [3.63, 3.8) is 0 Å². The van der Waals surface area contributed by atoms with Crippen LogP contribution in [0.15, 0.2) is 0 Å². The Hall–Kier alpha value is -1.07. The monoisotopic (exact) mass is 252 g/mol. The molecule has 1 aromatic rings.